The Kier molecular flexibility index (Phi) is 5.02. The summed E-state index contributed by atoms with van der Waals surface area (Å²) in [6, 6.07) is 14.0. The smallest absolute Gasteiger partial charge is 0.335 e. The molecule has 0 bridgehead atoms. The summed E-state index contributed by atoms with van der Waals surface area (Å²) in [6.45, 7) is 3.29. The van der Waals surface area contributed by atoms with E-state index in [-0.39, 0.29) is 11.5 Å². The summed E-state index contributed by atoms with van der Waals surface area (Å²) in [6.07, 6.45) is 0.962. The van der Waals surface area contributed by atoms with E-state index in [1.807, 2.05) is 36.2 Å². The molecule has 6 nitrogen and oxygen atoms in total. The molecule has 0 aliphatic carbocycles. The lowest BCUT2D eigenvalue weighted by atomic mass is 10.1. The van der Waals surface area contributed by atoms with Crippen LogP contribution in [-0.4, -0.2) is 41.2 Å². The van der Waals surface area contributed by atoms with E-state index in [0.717, 1.165) is 29.9 Å². The fraction of sp³-hybridized carbons (Fsp3) is 0.250. The predicted octanol–water partition coefficient (Wildman–Crippen LogP) is 3.24. The van der Waals surface area contributed by atoms with Crippen LogP contribution in [0.3, 0.4) is 0 Å². The highest BCUT2D eigenvalue weighted by molar-refractivity contribution is 5.94. The van der Waals surface area contributed by atoms with Gasteiger partial charge in [0.05, 0.1) is 11.3 Å². The minimum atomic E-state index is -0.960. The van der Waals surface area contributed by atoms with Crippen molar-refractivity contribution < 1.29 is 14.7 Å². The Hall–Kier alpha value is -3.15. The molecule has 2 aromatic carbocycles. The van der Waals surface area contributed by atoms with E-state index < -0.39 is 5.97 Å². The minimum Gasteiger partial charge on any atom is -0.478 e. The van der Waals surface area contributed by atoms with Crippen LogP contribution in [0.25, 0.3) is 0 Å². The molecule has 0 unspecified atom stereocenters. The van der Waals surface area contributed by atoms with E-state index in [0.29, 0.717) is 12.1 Å². The summed E-state index contributed by atoms with van der Waals surface area (Å²) in [4.78, 5) is 25.1. The molecule has 1 N–H and O–H groups in total. The second kappa shape index (κ2) is 7.39. The van der Waals surface area contributed by atoms with Crippen LogP contribution in [0.5, 0.6) is 0 Å². The molecule has 1 heterocycles. The Morgan fingerprint density at radius 2 is 1.69 bits per heavy atom. The summed E-state index contributed by atoms with van der Waals surface area (Å²) >= 11 is 0. The van der Waals surface area contributed by atoms with Gasteiger partial charge in [-0.25, -0.2) is 4.79 Å². The fourth-order valence-electron chi connectivity index (χ4n) is 2.86. The second-order valence-corrected chi connectivity index (χ2v) is 6.42. The van der Waals surface area contributed by atoms with E-state index in [4.69, 9.17) is 5.11 Å². The number of rotatable bonds is 5. The highest BCUT2D eigenvalue weighted by Crippen LogP contribution is 2.20. The van der Waals surface area contributed by atoms with Crippen LogP contribution in [0.1, 0.15) is 39.6 Å². The Labute approximate surface area is 152 Å². The van der Waals surface area contributed by atoms with E-state index in [1.165, 1.54) is 0 Å². The highest BCUT2D eigenvalue weighted by Gasteiger charge is 2.15. The average molecular weight is 351 g/mol. The van der Waals surface area contributed by atoms with Crippen LogP contribution >= 0.6 is 0 Å². The zero-order chi connectivity index (χ0) is 18.7. The van der Waals surface area contributed by atoms with Crippen LogP contribution < -0.4 is 5.01 Å². The summed E-state index contributed by atoms with van der Waals surface area (Å²) in [5.41, 5.74) is 3.81. The molecule has 0 spiro atoms. The third-order valence-corrected chi connectivity index (χ3v) is 4.36. The lowest BCUT2D eigenvalue weighted by molar-refractivity contribution is 0.0695. The third kappa shape index (κ3) is 3.91. The van der Waals surface area contributed by atoms with E-state index in [1.54, 1.807) is 36.2 Å². The number of hydrogen-bond donors (Lipinski definition) is 1. The summed E-state index contributed by atoms with van der Waals surface area (Å²) < 4.78 is 0. The number of hydrogen-bond acceptors (Lipinski definition) is 4. The molecule has 3 rings (SSSR count). The second-order valence-electron chi connectivity index (χ2n) is 6.42. The number of carboxylic acid groups (broad SMARTS) is 1. The normalized spacial score (nSPS) is 13.5. The standard InChI is InChI=1S/C20H21N3O3/c1-14-11-12-23(21-14)18-9-7-16(8-10-18)19(24)22(2)13-15-3-5-17(6-4-15)20(25)26/h3-10H,11-13H2,1-2H3,(H,25,26). The first-order valence-corrected chi connectivity index (χ1v) is 8.43. The molecule has 1 aliphatic rings. The number of carbonyl (C=O) groups is 2. The molecule has 134 valence electrons. The zero-order valence-electron chi connectivity index (χ0n) is 14.8. The van der Waals surface area contributed by atoms with Gasteiger partial charge in [0.25, 0.3) is 5.91 Å². The van der Waals surface area contributed by atoms with Gasteiger partial charge in [0, 0.05) is 37.8 Å². The molecule has 0 radical (unpaired) electrons. The highest BCUT2D eigenvalue weighted by atomic mass is 16.4. The van der Waals surface area contributed by atoms with Gasteiger partial charge in [-0.1, -0.05) is 12.1 Å². The maximum absolute atomic E-state index is 12.6. The lowest BCUT2D eigenvalue weighted by Crippen LogP contribution is -2.26. The van der Waals surface area contributed by atoms with E-state index in [9.17, 15) is 9.59 Å². The van der Waals surface area contributed by atoms with Crippen molar-refractivity contribution in [3.63, 3.8) is 0 Å². The Morgan fingerprint density at radius 1 is 1.08 bits per heavy atom. The van der Waals surface area contributed by atoms with Crippen molar-refractivity contribution in [2.24, 2.45) is 5.10 Å². The third-order valence-electron chi connectivity index (χ3n) is 4.36. The monoisotopic (exact) mass is 351 g/mol. The molecular formula is C20H21N3O3. The van der Waals surface area contributed by atoms with Crippen molar-refractivity contribution >= 4 is 23.3 Å². The van der Waals surface area contributed by atoms with Gasteiger partial charge < -0.3 is 10.0 Å². The molecule has 0 aromatic heterocycles. The SMILES string of the molecule is CC1=NN(c2ccc(C(=O)N(C)Cc3ccc(C(=O)O)cc3)cc2)CC1. The van der Waals surface area contributed by atoms with E-state index >= 15 is 0 Å². The van der Waals surface area contributed by atoms with Gasteiger partial charge in [-0.05, 0) is 48.9 Å². The number of aromatic carboxylic acids is 1. The molecule has 26 heavy (non-hydrogen) atoms. The van der Waals surface area contributed by atoms with Gasteiger partial charge in [0.2, 0.25) is 0 Å². The molecule has 0 atom stereocenters. The first-order valence-electron chi connectivity index (χ1n) is 8.43. The van der Waals surface area contributed by atoms with Crippen LogP contribution in [0, 0.1) is 0 Å². The van der Waals surface area contributed by atoms with Crippen molar-refractivity contribution in [1.82, 2.24) is 4.90 Å². The van der Waals surface area contributed by atoms with Crippen LogP contribution in [-0.2, 0) is 6.54 Å². The van der Waals surface area contributed by atoms with Crippen LogP contribution in [0.15, 0.2) is 53.6 Å². The predicted molar refractivity (Wildman–Crippen MR) is 101 cm³/mol. The molecule has 0 fully saturated rings. The number of hydrazone groups is 1. The fourth-order valence-corrected chi connectivity index (χ4v) is 2.86. The number of carbonyl (C=O) groups excluding carboxylic acids is 1. The van der Waals surface area contributed by atoms with Crippen molar-refractivity contribution in [2.45, 2.75) is 19.9 Å². The minimum absolute atomic E-state index is 0.0834. The quantitative estimate of drug-likeness (QED) is 0.897. The Bertz CT molecular complexity index is 842. The molecule has 0 saturated carbocycles. The van der Waals surface area contributed by atoms with Crippen molar-refractivity contribution in [3.05, 3.63) is 65.2 Å². The molecule has 2 aromatic rings. The van der Waals surface area contributed by atoms with Crippen LogP contribution in [0.4, 0.5) is 5.69 Å². The van der Waals surface area contributed by atoms with Gasteiger partial charge in [-0.3, -0.25) is 9.80 Å². The Balaban J connectivity index is 1.65. The number of nitrogens with zero attached hydrogens (tertiary/aromatic N) is 3. The van der Waals surface area contributed by atoms with Crippen molar-refractivity contribution in [1.29, 1.82) is 0 Å². The molecular weight excluding hydrogens is 330 g/mol. The van der Waals surface area contributed by atoms with Gasteiger partial charge in [-0.2, -0.15) is 5.10 Å². The lowest BCUT2D eigenvalue weighted by Gasteiger charge is -2.18. The maximum atomic E-state index is 12.6. The average Bonchev–Trinajstić information content (AvgIpc) is 3.08. The van der Waals surface area contributed by atoms with Gasteiger partial charge >= 0.3 is 5.97 Å². The zero-order valence-corrected chi connectivity index (χ0v) is 14.8. The Morgan fingerprint density at radius 3 is 2.23 bits per heavy atom. The van der Waals surface area contributed by atoms with Gasteiger partial charge in [0.15, 0.2) is 0 Å². The summed E-state index contributed by atoms with van der Waals surface area (Å²) in [5.74, 6) is -1.04. The van der Waals surface area contributed by atoms with Gasteiger partial charge in [0.1, 0.15) is 0 Å². The first kappa shape index (κ1) is 17.7. The first-order chi connectivity index (χ1) is 12.4. The molecule has 0 saturated heterocycles. The number of carboxylic acids is 1. The maximum Gasteiger partial charge on any atom is 0.335 e. The summed E-state index contributed by atoms with van der Waals surface area (Å²) in [7, 11) is 1.73. The van der Waals surface area contributed by atoms with E-state index in [2.05, 4.69) is 5.10 Å². The molecule has 1 aliphatic heterocycles. The number of benzene rings is 2. The number of anilines is 1. The van der Waals surface area contributed by atoms with Crippen molar-refractivity contribution in [3.8, 4) is 0 Å². The topological polar surface area (TPSA) is 73.2 Å². The molecule has 6 heteroatoms. The number of amides is 1. The molecule has 1 amide bonds. The van der Waals surface area contributed by atoms with Crippen molar-refractivity contribution in [2.75, 3.05) is 18.6 Å². The largest absolute Gasteiger partial charge is 0.478 e. The van der Waals surface area contributed by atoms with Gasteiger partial charge in [-0.15, -0.1) is 0 Å². The summed E-state index contributed by atoms with van der Waals surface area (Å²) in [5, 5.41) is 15.3. The van der Waals surface area contributed by atoms with Crippen LogP contribution in [0.2, 0.25) is 0 Å².